The Labute approximate surface area is 402 Å². The Morgan fingerprint density at radius 2 is 0.838 bits per heavy atom. The molecule has 2 aliphatic carbocycles. The molecule has 6 aromatic carbocycles. The lowest BCUT2D eigenvalue weighted by atomic mass is 9.83. The lowest BCUT2D eigenvalue weighted by molar-refractivity contribution is -0.176. The predicted octanol–water partition coefficient (Wildman–Crippen LogP) is 10.6. The van der Waals surface area contributed by atoms with Crippen LogP contribution in [0.2, 0.25) is 0 Å². The highest BCUT2D eigenvalue weighted by molar-refractivity contribution is 6.29. The number of ether oxygens (including phenoxy) is 4. The van der Waals surface area contributed by atoms with Crippen LogP contribution in [0, 0.1) is 0 Å². The van der Waals surface area contributed by atoms with Gasteiger partial charge in [-0.15, -0.1) is 0 Å². The minimum atomic E-state index is -0.986. The van der Waals surface area contributed by atoms with Crippen LogP contribution in [-0.4, -0.2) is 50.3 Å². The molecule has 0 saturated heterocycles. The lowest BCUT2D eigenvalue weighted by Gasteiger charge is -2.38. The molecule has 354 valence electrons. The highest BCUT2D eigenvalue weighted by atomic mass is 16.6. The van der Waals surface area contributed by atoms with Gasteiger partial charge < -0.3 is 39.4 Å². The quantitative estimate of drug-likeness (QED) is 0.0640. The minimum absolute atomic E-state index is 0.0599. The molecule has 0 spiro atoms. The first-order valence-electron chi connectivity index (χ1n) is 24.1. The molecule has 4 unspecified atom stereocenters. The van der Waals surface area contributed by atoms with Crippen molar-refractivity contribution in [3.05, 3.63) is 190 Å². The Morgan fingerprint density at radius 1 is 0.500 bits per heavy atom. The van der Waals surface area contributed by atoms with Crippen LogP contribution in [0.5, 0.6) is 11.5 Å². The number of fused-ring (bicyclic) bond motifs is 2. The van der Waals surface area contributed by atoms with Crippen LogP contribution in [-0.2, 0) is 58.2 Å². The van der Waals surface area contributed by atoms with E-state index in [4.69, 9.17) is 18.9 Å². The highest BCUT2D eigenvalue weighted by Crippen LogP contribution is 2.45. The maximum Gasteiger partial charge on any atom is 0.417 e. The molecule has 0 amide bonds. The molecule has 0 bridgehead atoms. The van der Waals surface area contributed by atoms with Crippen molar-refractivity contribution in [2.24, 2.45) is 0 Å². The molecule has 0 radical (unpaired) electrons. The zero-order valence-electron chi connectivity index (χ0n) is 40.3. The maximum absolute atomic E-state index is 14.0. The van der Waals surface area contributed by atoms with Gasteiger partial charge in [-0.3, -0.25) is 0 Å². The van der Waals surface area contributed by atoms with Gasteiger partial charge in [0.2, 0.25) is 0 Å². The van der Waals surface area contributed by atoms with Crippen molar-refractivity contribution in [3.63, 3.8) is 0 Å². The number of hydrogen-bond acceptors (Lipinski definition) is 10. The van der Waals surface area contributed by atoms with Crippen molar-refractivity contribution in [2.75, 3.05) is 23.9 Å². The molecule has 0 aliphatic heterocycles. The number of esters is 2. The number of rotatable bonds is 18. The summed E-state index contributed by atoms with van der Waals surface area (Å²) < 4.78 is 25.5. The van der Waals surface area contributed by atoms with Crippen LogP contribution < -0.4 is 29.9 Å². The summed E-state index contributed by atoms with van der Waals surface area (Å²) >= 11 is 0. The summed E-state index contributed by atoms with van der Waals surface area (Å²) in [6, 6.07) is 48.7. The first-order valence-corrected chi connectivity index (χ1v) is 24.1. The van der Waals surface area contributed by atoms with E-state index < -0.39 is 24.1 Å². The third-order valence-corrected chi connectivity index (χ3v) is 12.8. The van der Waals surface area contributed by atoms with E-state index in [-0.39, 0.29) is 24.2 Å². The molecule has 68 heavy (non-hydrogen) atoms. The second-order valence-electron chi connectivity index (χ2n) is 18.8. The summed E-state index contributed by atoms with van der Waals surface area (Å²) in [6.07, 6.45) is 1.03. The smallest absolute Gasteiger partial charge is 0.417 e. The monoisotopic (exact) mass is 914 g/mol. The topological polar surface area (TPSA) is 102 Å². The summed E-state index contributed by atoms with van der Waals surface area (Å²) in [5.41, 5.74) is 10.8. The van der Waals surface area contributed by atoms with Gasteiger partial charge in [0, 0.05) is 39.3 Å². The molecule has 4 atom stereocenters. The van der Waals surface area contributed by atoms with Crippen molar-refractivity contribution in [3.8, 4) is 11.5 Å². The van der Waals surface area contributed by atoms with Crippen LogP contribution in [0.1, 0.15) is 97.1 Å². The van der Waals surface area contributed by atoms with Crippen LogP contribution in [0.4, 0.5) is 11.4 Å². The molecule has 2 N–H and O–H groups in total. The van der Waals surface area contributed by atoms with E-state index in [0.717, 1.165) is 56.3 Å². The van der Waals surface area contributed by atoms with Crippen LogP contribution >= 0.6 is 0 Å². The third-order valence-electron chi connectivity index (χ3n) is 12.8. The van der Waals surface area contributed by atoms with Gasteiger partial charge in [0.05, 0.1) is 23.5 Å². The molecule has 8 rings (SSSR count). The summed E-state index contributed by atoms with van der Waals surface area (Å²) in [4.78, 5) is 32.5. The van der Waals surface area contributed by atoms with E-state index in [1.54, 1.807) is 0 Å². The molecular formula is C58H66N4O6. The van der Waals surface area contributed by atoms with Crippen LogP contribution in [0.3, 0.4) is 0 Å². The molecule has 0 saturated carbocycles. The molecule has 0 fully saturated rings. The highest BCUT2D eigenvalue weighted by Gasteiger charge is 2.40. The summed E-state index contributed by atoms with van der Waals surface area (Å²) in [6.45, 7) is 10.5. The molecular weight excluding hydrogens is 849 g/mol. The molecule has 2 aliphatic rings. The zero-order valence-corrected chi connectivity index (χ0v) is 40.3. The largest absolute Gasteiger partial charge is 0.487 e. The molecule has 10 heteroatoms. The standard InChI is InChI=1S/C58H66N4O6/c1-39(2)59-53-45-27-33-51(65-37-43-23-15-9-16-24-43)55(61(5)35-41-19-11-7-12-20-41)47(45)29-31-49(53)67-57(63)58(64)68-50-32-30-48-46(54(50)60-40(3)4)28-34-52(66-38-44-25-17-10-18-26-44)56(48)62(6)36-42-21-13-8-14-22-42/h7-28,33-34,39-40,49-50,53-54,59-60H,29-32,35-38H2,1-6H3. The second kappa shape index (κ2) is 22.5. The maximum atomic E-state index is 14.0. The third kappa shape index (κ3) is 11.7. The number of hydrogen-bond donors (Lipinski definition) is 2. The second-order valence-corrected chi connectivity index (χ2v) is 18.8. The Bertz CT molecular complexity index is 2410. The fraction of sp³-hybridized carbons (Fsp3) is 0.345. The fourth-order valence-corrected chi connectivity index (χ4v) is 9.83. The average molecular weight is 915 g/mol. The number of carbonyl (C=O) groups excluding carboxylic acids is 2. The Morgan fingerprint density at radius 3 is 1.18 bits per heavy atom. The number of anilines is 2. The molecule has 10 nitrogen and oxygen atoms in total. The van der Waals surface area contributed by atoms with Gasteiger partial charge in [-0.1, -0.05) is 161 Å². The minimum Gasteiger partial charge on any atom is -0.487 e. The van der Waals surface area contributed by atoms with E-state index in [0.29, 0.717) is 52.0 Å². The van der Waals surface area contributed by atoms with E-state index in [2.05, 4.69) is 147 Å². The molecule has 0 aromatic heterocycles. The molecule has 0 heterocycles. The Hall–Kier alpha value is -6.62. The fourth-order valence-electron chi connectivity index (χ4n) is 9.83. The first-order chi connectivity index (χ1) is 33.0. The zero-order chi connectivity index (χ0) is 47.6. The SMILES string of the molecule is CC(C)NC1c2ccc(OCc3ccccc3)c(N(C)Cc3ccccc3)c2CCC1OC(=O)C(=O)OC1CCc2c(ccc(OCc3ccccc3)c2N(C)Cc2ccccc2)C1NC(C)C. The molecule has 6 aromatic rings. The van der Waals surface area contributed by atoms with Crippen molar-refractivity contribution >= 4 is 23.3 Å². The summed E-state index contributed by atoms with van der Waals surface area (Å²) in [5, 5.41) is 7.37. The number of nitrogens with one attached hydrogen (secondary N) is 2. The van der Waals surface area contributed by atoms with Gasteiger partial charge >= 0.3 is 11.9 Å². The van der Waals surface area contributed by atoms with Gasteiger partial charge in [0.1, 0.15) is 36.9 Å². The van der Waals surface area contributed by atoms with Gasteiger partial charge in [-0.05, 0) is 82.3 Å². The van der Waals surface area contributed by atoms with Crippen molar-refractivity contribution < 1.29 is 28.5 Å². The number of nitrogens with zero attached hydrogens (tertiary/aromatic N) is 2. The van der Waals surface area contributed by atoms with E-state index >= 15 is 0 Å². The average Bonchev–Trinajstić information content (AvgIpc) is 3.34. The van der Waals surface area contributed by atoms with Gasteiger partial charge in [0.15, 0.2) is 0 Å². The van der Waals surface area contributed by atoms with Crippen molar-refractivity contribution in [2.45, 2.75) is 116 Å². The lowest BCUT2D eigenvalue weighted by Crippen LogP contribution is -2.45. The first kappa shape index (κ1) is 47.9. The van der Waals surface area contributed by atoms with Crippen molar-refractivity contribution in [1.29, 1.82) is 0 Å². The normalized spacial score (nSPS) is 17.5. The van der Waals surface area contributed by atoms with Crippen LogP contribution in [0.25, 0.3) is 0 Å². The van der Waals surface area contributed by atoms with Crippen molar-refractivity contribution in [1.82, 2.24) is 10.6 Å². The number of benzene rings is 6. The summed E-state index contributed by atoms with van der Waals surface area (Å²) in [5.74, 6) is -0.392. The Kier molecular flexibility index (Phi) is 15.8. The predicted molar refractivity (Wildman–Crippen MR) is 270 cm³/mol. The van der Waals surface area contributed by atoms with E-state index in [1.807, 2.05) is 60.7 Å². The Balaban J connectivity index is 1.03. The van der Waals surface area contributed by atoms with Gasteiger partial charge in [0.25, 0.3) is 0 Å². The van der Waals surface area contributed by atoms with E-state index in [9.17, 15) is 9.59 Å². The van der Waals surface area contributed by atoms with E-state index in [1.165, 1.54) is 11.1 Å². The van der Waals surface area contributed by atoms with Gasteiger partial charge in [-0.2, -0.15) is 0 Å². The number of carbonyl (C=O) groups is 2. The summed E-state index contributed by atoms with van der Waals surface area (Å²) in [7, 11) is 4.19. The van der Waals surface area contributed by atoms with Crippen LogP contribution in [0.15, 0.2) is 146 Å². The van der Waals surface area contributed by atoms with Gasteiger partial charge in [-0.25, -0.2) is 9.59 Å².